The van der Waals surface area contributed by atoms with Gasteiger partial charge in [0, 0.05) is 26.2 Å². The van der Waals surface area contributed by atoms with E-state index in [4.69, 9.17) is 0 Å². The first kappa shape index (κ1) is 15.2. The molecule has 2 N–H and O–H groups in total. The van der Waals surface area contributed by atoms with Crippen LogP contribution < -0.4 is 10.5 Å². The van der Waals surface area contributed by atoms with Crippen LogP contribution in [-0.4, -0.2) is 24.2 Å². The number of nitrogens with zero attached hydrogens (tertiary/aromatic N) is 1. The quantitative estimate of drug-likeness (QED) is 0.908. The molecule has 0 radical (unpaired) electrons. The number of aromatic nitrogens is 1. The molecule has 0 amide bonds. The van der Waals surface area contributed by atoms with E-state index in [1.165, 1.54) is 5.56 Å². The smallest absolute Gasteiger partial charge is 0.271 e. The topological polar surface area (TPSA) is 56.3 Å². The molecule has 0 saturated carbocycles. The molecule has 4 nitrogen and oxygen atoms in total. The number of aromatic hydroxyl groups is 1. The van der Waals surface area contributed by atoms with Gasteiger partial charge in [0.05, 0.1) is 0 Å². The molecule has 4 heteroatoms. The number of anilines is 1. The molecule has 2 rings (SSSR count). The number of rotatable bonds is 4. The fourth-order valence-corrected chi connectivity index (χ4v) is 2.82. The summed E-state index contributed by atoms with van der Waals surface area (Å²) in [5.74, 6) is 0.249. The molecule has 0 spiro atoms. The normalized spacial score (nSPS) is 10.7. The summed E-state index contributed by atoms with van der Waals surface area (Å²) < 4.78 is 0. The Morgan fingerprint density at radius 3 is 2.52 bits per heavy atom. The fraction of sp³-hybridized carbons (Fsp3) is 0.353. The van der Waals surface area contributed by atoms with Gasteiger partial charge in [-0.3, -0.25) is 4.79 Å². The van der Waals surface area contributed by atoms with Gasteiger partial charge in [-0.15, -0.1) is 0 Å². The molecule has 0 atom stereocenters. The lowest BCUT2D eigenvalue weighted by molar-refractivity contribution is 0.474. The second kappa shape index (κ2) is 6.04. The summed E-state index contributed by atoms with van der Waals surface area (Å²) in [6.45, 7) is 4.03. The number of hydrogen-bond donors (Lipinski definition) is 2. The van der Waals surface area contributed by atoms with Crippen LogP contribution in [0.3, 0.4) is 0 Å². The Kier molecular flexibility index (Phi) is 4.36. The minimum absolute atomic E-state index is 0.0650. The van der Waals surface area contributed by atoms with Crippen LogP contribution in [0.4, 0.5) is 5.69 Å². The zero-order chi connectivity index (χ0) is 15.6. The number of aryl methyl sites for hydroxylation is 1. The molecule has 21 heavy (non-hydrogen) atoms. The zero-order valence-electron chi connectivity index (χ0n) is 13.0. The molecule has 0 aliphatic carbocycles. The average Bonchev–Trinajstić information content (AvgIpc) is 2.38. The van der Waals surface area contributed by atoms with Crippen LogP contribution in [0.15, 0.2) is 29.1 Å². The van der Waals surface area contributed by atoms with E-state index in [0.717, 1.165) is 23.2 Å². The highest BCUT2D eigenvalue weighted by Crippen LogP contribution is 2.25. The van der Waals surface area contributed by atoms with E-state index in [9.17, 15) is 9.90 Å². The van der Waals surface area contributed by atoms with Gasteiger partial charge >= 0.3 is 0 Å². The molecule has 112 valence electrons. The van der Waals surface area contributed by atoms with Crippen molar-refractivity contribution >= 4 is 5.69 Å². The van der Waals surface area contributed by atoms with Gasteiger partial charge in [0.1, 0.15) is 11.4 Å². The van der Waals surface area contributed by atoms with Crippen molar-refractivity contribution in [2.24, 2.45) is 0 Å². The largest absolute Gasteiger partial charge is 0.508 e. The van der Waals surface area contributed by atoms with Crippen LogP contribution in [0.25, 0.3) is 0 Å². The van der Waals surface area contributed by atoms with E-state index in [1.54, 1.807) is 12.1 Å². The monoisotopic (exact) mass is 286 g/mol. The van der Waals surface area contributed by atoms with Gasteiger partial charge in [-0.2, -0.15) is 0 Å². The highest BCUT2D eigenvalue weighted by atomic mass is 16.3. The zero-order valence-corrected chi connectivity index (χ0v) is 13.0. The molecule has 0 bridgehead atoms. The maximum absolute atomic E-state index is 12.3. The molecule has 1 heterocycles. The molecule has 0 aliphatic heterocycles. The number of hydrogen-bond acceptors (Lipinski definition) is 3. The number of H-pyrrole nitrogens is 1. The van der Waals surface area contributed by atoms with Crippen molar-refractivity contribution in [3.8, 4) is 5.75 Å². The van der Waals surface area contributed by atoms with Gasteiger partial charge in [0.15, 0.2) is 0 Å². The van der Waals surface area contributed by atoms with Crippen molar-refractivity contribution in [3.63, 3.8) is 0 Å². The minimum Gasteiger partial charge on any atom is -0.508 e. The van der Waals surface area contributed by atoms with Gasteiger partial charge < -0.3 is 15.0 Å². The van der Waals surface area contributed by atoms with E-state index >= 15 is 0 Å². The lowest BCUT2D eigenvalue weighted by atomic mass is 9.95. The van der Waals surface area contributed by atoms with E-state index < -0.39 is 0 Å². The summed E-state index contributed by atoms with van der Waals surface area (Å²) >= 11 is 0. The Labute approximate surface area is 125 Å². The van der Waals surface area contributed by atoms with Crippen LogP contribution in [0, 0.1) is 6.92 Å². The van der Waals surface area contributed by atoms with Crippen LogP contribution in [-0.2, 0) is 12.8 Å². The maximum Gasteiger partial charge on any atom is 0.271 e. The Morgan fingerprint density at radius 2 is 1.95 bits per heavy atom. The van der Waals surface area contributed by atoms with E-state index in [0.29, 0.717) is 12.1 Å². The predicted octanol–water partition coefficient (Wildman–Crippen LogP) is 2.61. The number of phenolic OH excluding ortho intramolecular Hbond substituents is 1. The van der Waals surface area contributed by atoms with Gasteiger partial charge in [-0.05, 0) is 42.2 Å². The molecular formula is C17H22N2O2. The lowest BCUT2D eigenvalue weighted by Gasteiger charge is -2.21. The Morgan fingerprint density at radius 1 is 1.24 bits per heavy atom. The van der Waals surface area contributed by atoms with Gasteiger partial charge in [-0.25, -0.2) is 0 Å². The number of pyridine rings is 1. The third-order valence-corrected chi connectivity index (χ3v) is 3.71. The highest BCUT2D eigenvalue weighted by molar-refractivity contribution is 5.57. The lowest BCUT2D eigenvalue weighted by Crippen LogP contribution is -2.25. The second-order valence-corrected chi connectivity index (χ2v) is 5.48. The minimum atomic E-state index is -0.0650. The standard InChI is InChI=1S/C17H22N2O2/c1-5-14-11(2)18-17(21)16(19(3)4)15(14)10-12-7-6-8-13(20)9-12/h6-9,20H,5,10H2,1-4H3,(H,18,21). The fourth-order valence-electron chi connectivity index (χ4n) is 2.82. The Hall–Kier alpha value is -2.23. The third-order valence-electron chi connectivity index (χ3n) is 3.71. The van der Waals surface area contributed by atoms with Crippen LogP contribution >= 0.6 is 0 Å². The summed E-state index contributed by atoms with van der Waals surface area (Å²) in [7, 11) is 3.76. The van der Waals surface area contributed by atoms with E-state index in [2.05, 4.69) is 11.9 Å². The molecule has 1 aromatic heterocycles. The van der Waals surface area contributed by atoms with Crippen molar-refractivity contribution in [1.82, 2.24) is 4.98 Å². The molecular weight excluding hydrogens is 264 g/mol. The van der Waals surface area contributed by atoms with Crippen molar-refractivity contribution in [3.05, 3.63) is 57.0 Å². The Bertz CT molecular complexity index is 702. The van der Waals surface area contributed by atoms with Crippen molar-refractivity contribution in [2.75, 3.05) is 19.0 Å². The first-order chi connectivity index (χ1) is 9.93. The van der Waals surface area contributed by atoms with Gasteiger partial charge in [0.2, 0.25) is 0 Å². The first-order valence-corrected chi connectivity index (χ1v) is 7.13. The highest BCUT2D eigenvalue weighted by Gasteiger charge is 2.16. The number of aromatic amines is 1. The van der Waals surface area contributed by atoms with Gasteiger partial charge in [0.25, 0.3) is 5.56 Å². The average molecular weight is 286 g/mol. The van der Waals surface area contributed by atoms with Crippen LogP contribution in [0.5, 0.6) is 5.75 Å². The van der Waals surface area contributed by atoms with Crippen LogP contribution in [0.2, 0.25) is 0 Å². The molecule has 2 aromatic rings. The third kappa shape index (κ3) is 3.10. The molecule has 0 saturated heterocycles. The van der Waals surface area contributed by atoms with Crippen molar-refractivity contribution in [1.29, 1.82) is 0 Å². The molecule has 1 aromatic carbocycles. The molecule has 0 unspecified atom stereocenters. The van der Waals surface area contributed by atoms with E-state index in [-0.39, 0.29) is 11.3 Å². The number of nitrogens with one attached hydrogen (secondary N) is 1. The van der Waals surface area contributed by atoms with Crippen molar-refractivity contribution in [2.45, 2.75) is 26.7 Å². The summed E-state index contributed by atoms with van der Waals surface area (Å²) in [6.07, 6.45) is 1.49. The first-order valence-electron chi connectivity index (χ1n) is 7.13. The number of benzene rings is 1. The SMILES string of the molecule is CCc1c(C)[nH]c(=O)c(N(C)C)c1Cc1cccc(O)c1. The Balaban J connectivity index is 2.62. The summed E-state index contributed by atoms with van der Waals surface area (Å²) in [5, 5.41) is 9.63. The maximum atomic E-state index is 12.3. The molecule has 0 aliphatic rings. The van der Waals surface area contributed by atoms with Crippen LogP contribution in [0.1, 0.15) is 29.3 Å². The number of phenols is 1. The predicted molar refractivity (Wildman–Crippen MR) is 86.4 cm³/mol. The summed E-state index contributed by atoms with van der Waals surface area (Å²) in [4.78, 5) is 17.1. The van der Waals surface area contributed by atoms with E-state index in [1.807, 2.05) is 38.1 Å². The second-order valence-electron chi connectivity index (χ2n) is 5.48. The molecule has 0 fully saturated rings. The summed E-state index contributed by atoms with van der Waals surface area (Å²) in [5.41, 5.74) is 4.75. The summed E-state index contributed by atoms with van der Waals surface area (Å²) in [6, 6.07) is 7.19. The van der Waals surface area contributed by atoms with Gasteiger partial charge in [-0.1, -0.05) is 19.1 Å². The van der Waals surface area contributed by atoms with Crippen molar-refractivity contribution < 1.29 is 5.11 Å².